The summed E-state index contributed by atoms with van der Waals surface area (Å²) in [7, 11) is 0. The predicted molar refractivity (Wildman–Crippen MR) is 67.0 cm³/mol. The zero-order chi connectivity index (χ0) is 12.5. The molecule has 0 spiro atoms. The van der Waals surface area contributed by atoms with Crippen LogP contribution in [0.25, 0.3) is 0 Å². The van der Waals surface area contributed by atoms with Gasteiger partial charge in [-0.1, -0.05) is 30.3 Å². The second-order valence-electron chi connectivity index (χ2n) is 5.46. The summed E-state index contributed by atoms with van der Waals surface area (Å²) < 4.78 is 5.92. The van der Waals surface area contributed by atoms with Gasteiger partial charge in [-0.15, -0.1) is 0 Å². The second kappa shape index (κ2) is 4.73. The van der Waals surface area contributed by atoms with Crippen molar-refractivity contribution in [2.45, 2.75) is 32.0 Å². The molecule has 2 fully saturated rings. The highest BCUT2D eigenvalue weighted by Crippen LogP contribution is 2.50. The molecule has 0 amide bonds. The third kappa shape index (κ3) is 2.03. The second-order valence-corrected chi connectivity index (χ2v) is 5.46. The van der Waals surface area contributed by atoms with Crippen molar-refractivity contribution in [1.29, 1.82) is 0 Å². The minimum absolute atomic E-state index is 0.0820. The highest BCUT2D eigenvalue weighted by molar-refractivity contribution is 5.72. The van der Waals surface area contributed by atoms with Crippen LogP contribution in [0.15, 0.2) is 30.3 Å². The van der Waals surface area contributed by atoms with Crippen LogP contribution in [0.1, 0.15) is 24.8 Å². The van der Waals surface area contributed by atoms with E-state index in [2.05, 4.69) is 0 Å². The molecular formula is C15H18O3. The maximum atomic E-state index is 11.3. The van der Waals surface area contributed by atoms with Crippen LogP contribution in [0, 0.1) is 17.8 Å². The summed E-state index contributed by atoms with van der Waals surface area (Å²) >= 11 is 0. The van der Waals surface area contributed by atoms with Gasteiger partial charge in [0.1, 0.15) is 0 Å². The maximum absolute atomic E-state index is 11.3. The number of carbonyl (C=O) groups is 1. The number of hydrogen-bond acceptors (Lipinski definition) is 2. The lowest BCUT2D eigenvalue weighted by atomic mass is 9.86. The Hall–Kier alpha value is -1.35. The highest BCUT2D eigenvalue weighted by atomic mass is 16.5. The molecule has 0 saturated heterocycles. The molecule has 2 aliphatic carbocycles. The van der Waals surface area contributed by atoms with Gasteiger partial charge in [0, 0.05) is 0 Å². The summed E-state index contributed by atoms with van der Waals surface area (Å²) in [4.78, 5) is 11.3. The molecule has 18 heavy (non-hydrogen) atoms. The summed E-state index contributed by atoms with van der Waals surface area (Å²) in [6, 6.07) is 9.97. The molecule has 0 aromatic heterocycles. The Bertz CT molecular complexity index is 429. The minimum atomic E-state index is -0.680. The van der Waals surface area contributed by atoms with Crippen LogP contribution in [0.5, 0.6) is 0 Å². The number of hydrogen-bond donors (Lipinski definition) is 1. The minimum Gasteiger partial charge on any atom is -0.481 e. The molecule has 2 saturated carbocycles. The fourth-order valence-corrected chi connectivity index (χ4v) is 3.59. The van der Waals surface area contributed by atoms with Crippen LogP contribution >= 0.6 is 0 Å². The van der Waals surface area contributed by atoms with Crippen molar-refractivity contribution in [3.8, 4) is 0 Å². The van der Waals surface area contributed by atoms with Gasteiger partial charge in [-0.05, 0) is 36.7 Å². The van der Waals surface area contributed by atoms with E-state index < -0.39 is 5.97 Å². The van der Waals surface area contributed by atoms with E-state index >= 15 is 0 Å². The standard InChI is InChI=1S/C15H18O3/c16-15(17)13-11-6-7-12(8-11)14(13)18-9-10-4-2-1-3-5-10/h1-5,11-14H,6-9H2,(H,16,17). The number of rotatable bonds is 4. The van der Waals surface area contributed by atoms with Crippen LogP contribution < -0.4 is 0 Å². The Balaban J connectivity index is 1.66. The summed E-state index contributed by atoms with van der Waals surface area (Å²) in [6.07, 6.45) is 3.15. The first-order valence-electron chi connectivity index (χ1n) is 6.64. The molecule has 3 nitrogen and oxygen atoms in total. The van der Waals surface area contributed by atoms with Crippen LogP contribution in [0.4, 0.5) is 0 Å². The first kappa shape index (κ1) is 11.7. The normalized spacial score (nSPS) is 33.8. The molecule has 4 unspecified atom stereocenters. The smallest absolute Gasteiger partial charge is 0.309 e. The van der Waals surface area contributed by atoms with E-state index in [1.54, 1.807) is 0 Å². The van der Waals surface area contributed by atoms with E-state index in [-0.39, 0.29) is 12.0 Å². The van der Waals surface area contributed by atoms with Crippen molar-refractivity contribution < 1.29 is 14.6 Å². The third-order valence-electron chi connectivity index (χ3n) is 4.41. The predicted octanol–water partition coefficient (Wildman–Crippen LogP) is 2.70. The molecule has 2 bridgehead atoms. The SMILES string of the molecule is O=C(O)C1C2CCC(C2)C1OCc1ccccc1. The van der Waals surface area contributed by atoms with E-state index in [0.717, 1.165) is 24.8 Å². The summed E-state index contributed by atoms with van der Waals surface area (Å²) in [5.41, 5.74) is 1.12. The molecule has 0 heterocycles. The van der Waals surface area contributed by atoms with Gasteiger partial charge in [0.25, 0.3) is 0 Å². The zero-order valence-corrected chi connectivity index (χ0v) is 10.3. The van der Waals surface area contributed by atoms with E-state index in [1.807, 2.05) is 30.3 Å². The molecule has 1 aromatic carbocycles. The lowest BCUT2D eigenvalue weighted by Gasteiger charge is -2.28. The summed E-state index contributed by atoms with van der Waals surface area (Å²) in [5.74, 6) is -0.166. The Morgan fingerprint density at radius 3 is 2.67 bits per heavy atom. The monoisotopic (exact) mass is 246 g/mol. The molecule has 1 N–H and O–H groups in total. The van der Waals surface area contributed by atoms with Crippen LogP contribution in [0.3, 0.4) is 0 Å². The van der Waals surface area contributed by atoms with Gasteiger partial charge in [-0.3, -0.25) is 4.79 Å². The Morgan fingerprint density at radius 2 is 1.94 bits per heavy atom. The first-order chi connectivity index (χ1) is 8.75. The van der Waals surface area contributed by atoms with Crippen molar-refractivity contribution in [3.63, 3.8) is 0 Å². The topological polar surface area (TPSA) is 46.5 Å². The van der Waals surface area contributed by atoms with Crippen LogP contribution in [-0.2, 0) is 16.1 Å². The fourth-order valence-electron chi connectivity index (χ4n) is 3.59. The molecule has 1 aromatic rings. The van der Waals surface area contributed by atoms with Gasteiger partial charge in [0.05, 0.1) is 18.6 Å². The van der Waals surface area contributed by atoms with E-state index in [1.165, 1.54) is 0 Å². The molecular weight excluding hydrogens is 228 g/mol. The number of carboxylic acids is 1. The van der Waals surface area contributed by atoms with Crippen molar-refractivity contribution in [2.75, 3.05) is 0 Å². The van der Waals surface area contributed by atoms with Gasteiger partial charge >= 0.3 is 5.97 Å². The number of ether oxygens (including phenoxy) is 1. The Morgan fingerprint density at radius 1 is 1.22 bits per heavy atom. The number of fused-ring (bicyclic) bond motifs is 2. The molecule has 4 atom stereocenters. The number of benzene rings is 1. The molecule has 0 aliphatic heterocycles. The van der Waals surface area contributed by atoms with Gasteiger partial charge in [0.15, 0.2) is 0 Å². The highest BCUT2D eigenvalue weighted by Gasteiger charge is 2.51. The van der Waals surface area contributed by atoms with Crippen molar-refractivity contribution in [2.24, 2.45) is 17.8 Å². The Labute approximate surface area is 107 Å². The number of carboxylic acid groups (broad SMARTS) is 1. The fraction of sp³-hybridized carbons (Fsp3) is 0.533. The molecule has 3 heteroatoms. The van der Waals surface area contributed by atoms with Gasteiger partial charge in [-0.2, -0.15) is 0 Å². The maximum Gasteiger partial charge on any atom is 0.309 e. The largest absolute Gasteiger partial charge is 0.481 e. The average Bonchev–Trinajstić information content (AvgIpc) is 2.97. The van der Waals surface area contributed by atoms with Gasteiger partial charge in [0.2, 0.25) is 0 Å². The van der Waals surface area contributed by atoms with Crippen molar-refractivity contribution in [1.82, 2.24) is 0 Å². The lowest BCUT2D eigenvalue weighted by molar-refractivity contribution is -0.151. The summed E-state index contributed by atoms with van der Waals surface area (Å²) in [6.45, 7) is 0.526. The quantitative estimate of drug-likeness (QED) is 0.888. The van der Waals surface area contributed by atoms with Crippen molar-refractivity contribution in [3.05, 3.63) is 35.9 Å². The van der Waals surface area contributed by atoms with E-state index in [0.29, 0.717) is 18.4 Å². The molecule has 2 aliphatic rings. The van der Waals surface area contributed by atoms with E-state index in [4.69, 9.17) is 4.74 Å². The lowest BCUT2D eigenvalue weighted by Crippen LogP contribution is -2.35. The van der Waals surface area contributed by atoms with Crippen LogP contribution in [0.2, 0.25) is 0 Å². The average molecular weight is 246 g/mol. The molecule has 3 rings (SSSR count). The van der Waals surface area contributed by atoms with Gasteiger partial charge in [-0.25, -0.2) is 0 Å². The van der Waals surface area contributed by atoms with Gasteiger partial charge < -0.3 is 9.84 Å². The Kier molecular flexibility index (Phi) is 3.08. The van der Waals surface area contributed by atoms with Crippen molar-refractivity contribution >= 4 is 5.97 Å². The van der Waals surface area contributed by atoms with E-state index in [9.17, 15) is 9.90 Å². The molecule has 0 radical (unpaired) electrons. The third-order valence-corrected chi connectivity index (χ3v) is 4.41. The van der Waals surface area contributed by atoms with Crippen LogP contribution in [-0.4, -0.2) is 17.2 Å². The number of aliphatic carboxylic acids is 1. The zero-order valence-electron chi connectivity index (χ0n) is 10.3. The first-order valence-corrected chi connectivity index (χ1v) is 6.64. The summed E-state index contributed by atoms with van der Waals surface area (Å²) in [5, 5.41) is 9.32. The molecule has 96 valence electrons.